The van der Waals surface area contributed by atoms with Gasteiger partial charge in [0.15, 0.2) is 0 Å². The van der Waals surface area contributed by atoms with E-state index in [9.17, 15) is 5.11 Å². The van der Waals surface area contributed by atoms with Gasteiger partial charge in [-0.1, -0.05) is 18.2 Å². The molecule has 2 rings (SSSR count). The molecule has 1 aromatic carbocycles. The van der Waals surface area contributed by atoms with E-state index in [1.165, 1.54) is 16.7 Å². The number of rotatable bonds is 1. The topological polar surface area (TPSA) is 20.2 Å². The summed E-state index contributed by atoms with van der Waals surface area (Å²) in [6.07, 6.45) is 1.78. The van der Waals surface area contributed by atoms with Gasteiger partial charge < -0.3 is 5.11 Å². The highest BCUT2D eigenvalue weighted by molar-refractivity contribution is 7.99. The van der Waals surface area contributed by atoms with Crippen molar-refractivity contribution in [1.82, 2.24) is 0 Å². The van der Waals surface area contributed by atoms with E-state index in [4.69, 9.17) is 0 Å². The predicted molar refractivity (Wildman–Crippen MR) is 66.4 cm³/mol. The second-order valence-corrected chi connectivity index (χ2v) is 5.64. The van der Waals surface area contributed by atoms with Gasteiger partial charge in [0.05, 0.1) is 5.60 Å². The fourth-order valence-corrected chi connectivity index (χ4v) is 3.68. The molecule has 0 aliphatic carbocycles. The van der Waals surface area contributed by atoms with E-state index in [1.54, 1.807) is 0 Å². The Balaban J connectivity index is 2.42. The van der Waals surface area contributed by atoms with Gasteiger partial charge in [-0.15, -0.1) is 0 Å². The maximum Gasteiger partial charge on any atom is 0.0917 e. The van der Waals surface area contributed by atoms with Gasteiger partial charge in [-0.2, -0.15) is 11.8 Å². The molecule has 1 aromatic rings. The Morgan fingerprint density at radius 1 is 1.13 bits per heavy atom. The molecule has 15 heavy (non-hydrogen) atoms. The minimum atomic E-state index is -0.569. The summed E-state index contributed by atoms with van der Waals surface area (Å²) in [4.78, 5) is 0. The highest BCUT2D eigenvalue weighted by atomic mass is 32.2. The van der Waals surface area contributed by atoms with Crippen LogP contribution in [0.4, 0.5) is 0 Å². The van der Waals surface area contributed by atoms with Crippen molar-refractivity contribution in [2.75, 3.05) is 11.5 Å². The molecule has 1 aliphatic heterocycles. The standard InChI is InChI=1S/C13H18OS/c1-10-4-3-5-11(2)12(10)13(14)6-8-15-9-7-13/h3-5,14H,6-9H2,1-2H3. The van der Waals surface area contributed by atoms with Gasteiger partial charge in [0.25, 0.3) is 0 Å². The van der Waals surface area contributed by atoms with Crippen LogP contribution in [0.15, 0.2) is 18.2 Å². The SMILES string of the molecule is Cc1cccc(C)c1C1(O)CCSCC1. The molecular formula is C13H18OS. The normalized spacial score (nSPS) is 20.2. The van der Waals surface area contributed by atoms with Gasteiger partial charge in [0, 0.05) is 0 Å². The summed E-state index contributed by atoms with van der Waals surface area (Å²) in [6.45, 7) is 4.20. The van der Waals surface area contributed by atoms with Crippen molar-refractivity contribution in [2.45, 2.75) is 32.3 Å². The molecule has 1 fully saturated rings. The van der Waals surface area contributed by atoms with E-state index in [0.717, 1.165) is 24.3 Å². The lowest BCUT2D eigenvalue weighted by Gasteiger charge is -2.34. The second kappa shape index (κ2) is 4.18. The first-order valence-electron chi connectivity index (χ1n) is 5.50. The smallest absolute Gasteiger partial charge is 0.0917 e. The lowest BCUT2D eigenvalue weighted by atomic mass is 9.83. The third-order valence-corrected chi connectivity index (χ3v) is 4.25. The van der Waals surface area contributed by atoms with Crippen LogP contribution in [-0.4, -0.2) is 16.6 Å². The highest BCUT2D eigenvalue weighted by Crippen LogP contribution is 2.38. The highest BCUT2D eigenvalue weighted by Gasteiger charge is 2.33. The third-order valence-electron chi connectivity index (χ3n) is 3.27. The number of aryl methyl sites for hydroxylation is 2. The summed E-state index contributed by atoms with van der Waals surface area (Å²) in [5.41, 5.74) is 3.06. The van der Waals surface area contributed by atoms with Crippen LogP contribution in [0, 0.1) is 13.8 Å². The molecule has 1 saturated heterocycles. The van der Waals surface area contributed by atoms with Crippen LogP contribution >= 0.6 is 11.8 Å². The van der Waals surface area contributed by atoms with Crippen molar-refractivity contribution in [3.63, 3.8) is 0 Å². The molecule has 0 saturated carbocycles. The Labute approximate surface area is 95.9 Å². The first-order valence-corrected chi connectivity index (χ1v) is 6.66. The largest absolute Gasteiger partial charge is 0.385 e. The summed E-state index contributed by atoms with van der Waals surface area (Å²) >= 11 is 1.94. The zero-order valence-corrected chi connectivity index (χ0v) is 10.2. The van der Waals surface area contributed by atoms with Crippen LogP contribution in [0.25, 0.3) is 0 Å². The number of aliphatic hydroxyl groups is 1. The lowest BCUT2D eigenvalue weighted by molar-refractivity contribution is 0.0269. The molecular weight excluding hydrogens is 204 g/mol. The number of hydrogen-bond acceptors (Lipinski definition) is 2. The molecule has 1 heterocycles. The minimum absolute atomic E-state index is 0.569. The van der Waals surface area contributed by atoms with Crippen molar-refractivity contribution >= 4 is 11.8 Å². The molecule has 2 heteroatoms. The third kappa shape index (κ3) is 2.06. The average molecular weight is 222 g/mol. The van der Waals surface area contributed by atoms with Crippen molar-refractivity contribution in [2.24, 2.45) is 0 Å². The first-order chi connectivity index (χ1) is 7.13. The van der Waals surface area contributed by atoms with Gasteiger partial charge in [0.2, 0.25) is 0 Å². The van der Waals surface area contributed by atoms with Gasteiger partial charge >= 0.3 is 0 Å². The predicted octanol–water partition coefficient (Wildman–Crippen LogP) is 3.02. The van der Waals surface area contributed by atoms with Gasteiger partial charge in [-0.05, 0) is 54.9 Å². The minimum Gasteiger partial charge on any atom is -0.385 e. The van der Waals surface area contributed by atoms with Crippen molar-refractivity contribution < 1.29 is 5.11 Å². The zero-order chi connectivity index (χ0) is 10.9. The van der Waals surface area contributed by atoms with Crippen molar-refractivity contribution in [1.29, 1.82) is 0 Å². The molecule has 0 unspecified atom stereocenters. The Morgan fingerprint density at radius 2 is 1.67 bits per heavy atom. The molecule has 1 nitrogen and oxygen atoms in total. The average Bonchev–Trinajstić information content (AvgIpc) is 2.18. The first kappa shape index (κ1) is 11.0. The molecule has 1 aliphatic rings. The van der Waals surface area contributed by atoms with Crippen LogP contribution in [0.3, 0.4) is 0 Å². The summed E-state index contributed by atoms with van der Waals surface area (Å²) in [6, 6.07) is 6.26. The van der Waals surface area contributed by atoms with E-state index < -0.39 is 5.60 Å². The molecule has 0 bridgehead atoms. The summed E-state index contributed by atoms with van der Waals surface area (Å²) in [7, 11) is 0. The molecule has 0 radical (unpaired) electrons. The Morgan fingerprint density at radius 3 is 2.20 bits per heavy atom. The van der Waals surface area contributed by atoms with Gasteiger partial charge in [-0.3, -0.25) is 0 Å². The Hall–Kier alpha value is -0.470. The van der Waals surface area contributed by atoms with Gasteiger partial charge in [-0.25, -0.2) is 0 Å². The zero-order valence-electron chi connectivity index (χ0n) is 9.42. The fraction of sp³-hybridized carbons (Fsp3) is 0.538. The van der Waals surface area contributed by atoms with Crippen molar-refractivity contribution in [3.05, 3.63) is 34.9 Å². The lowest BCUT2D eigenvalue weighted by Crippen LogP contribution is -2.32. The van der Waals surface area contributed by atoms with Crippen LogP contribution in [0.5, 0.6) is 0 Å². The Bertz CT molecular complexity index is 333. The molecule has 82 valence electrons. The summed E-state index contributed by atoms with van der Waals surface area (Å²) < 4.78 is 0. The maximum atomic E-state index is 10.7. The molecule has 0 aromatic heterocycles. The van der Waals surface area contributed by atoms with E-state index in [2.05, 4.69) is 32.0 Å². The Kier molecular flexibility index (Phi) is 3.08. The summed E-state index contributed by atoms with van der Waals surface area (Å²) in [5.74, 6) is 2.15. The van der Waals surface area contributed by atoms with E-state index in [-0.39, 0.29) is 0 Å². The van der Waals surface area contributed by atoms with Crippen LogP contribution in [0.1, 0.15) is 29.5 Å². The molecule has 0 atom stereocenters. The molecule has 1 N–H and O–H groups in total. The monoisotopic (exact) mass is 222 g/mol. The molecule has 0 amide bonds. The summed E-state index contributed by atoms with van der Waals surface area (Å²) in [5, 5.41) is 10.7. The van der Waals surface area contributed by atoms with E-state index >= 15 is 0 Å². The second-order valence-electron chi connectivity index (χ2n) is 4.41. The van der Waals surface area contributed by atoms with Gasteiger partial charge in [0.1, 0.15) is 0 Å². The number of thioether (sulfide) groups is 1. The number of benzene rings is 1. The van der Waals surface area contributed by atoms with Crippen LogP contribution in [0.2, 0.25) is 0 Å². The van der Waals surface area contributed by atoms with E-state index in [1.807, 2.05) is 11.8 Å². The number of hydrogen-bond donors (Lipinski definition) is 1. The molecule has 0 spiro atoms. The fourth-order valence-electron chi connectivity index (χ4n) is 2.51. The van der Waals surface area contributed by atoms with Crippen LogP contribution < -0.4 is 0 Å². The van der Waals surface area contributed by atoms with Crippen molar-refractivity contribution in [3.8, 4) is 0 Å². The van der Waals surface area contributed by atoms with Crippen LogP contribution in [-0.2, 0) is 5.60 Å². The quantitative estimate of drug-likeness (QED) is 0.788. The maximum absolute atomic E-state index is 10.7. The van der Waals surface area contributed by atoms with E-state index in [0.29, 0.717) is 0 Å².